The van der Waals surface area contributed by atoms with Crippen molar-refractivity contribution >= 4 is 5.78 Å². The minimum absolute atomic E-state index is 0.0122. The van der Waals surface area contributed by atoms with Crippen molar-refractivity contribution in [3.8, 4) is 0 Å². The molecule has 0 heterocycles. The Balaban J connectivity index is 1.64. The van der Waals surface area contributed by atoms with Gasteiger partial charge in [0.2, 0.25) is 0 Å². The summed E-state index contributed by atoms with van der Waals surface area (Å²) in [7, 11) is 0. The molecule has 0 spiro atoms. The zero-order valence-corrected chi connectivity index (χ0v) is 13.5. The summed E-state index contributed by atoms with van der Waals surface area (Å²) in [6.45, 7) is 4.70. The van der Waals surface area contributed by atoms with Gasteiger partial charge in [0.15, 0.2) is 0 Å². The largest absolute Gasteiger partial charge is 0.299 e. The third kappa shape index (κ3) is 1.83. The van der Waals surface area contributed by atoms with Crippen LogP contribution in [0.15, 0.2) is 0 Å². The van der Waals surface area contributed by atoms with Crippen LogP contribution in [0.1, 0.15) is 71.6 Å². The minimum atomic E-state index is -0.554. The van der Waals surface area contributed by atoms with Crippen molar-refractivity contribution in [1.82, 2.24) is 0 Å². The molecule has 0 N–H and O–H groups in total. The number of hydrogen-bond donors (Lipinski definition) is 0. The number of hydrogen-bond acceptors (Lipinski definition) is 1. The molecule has 2 heteroatoms. The number of halogens is 1. The molecule has 0 saturated heterocycles. The lowest BCUT2D eigenvalue weighted by Crippen LogP contribution is -2.53. The Labute approximate surface area is 128 Å². The van der Waals surface area contributed by atoms with Crippen LogP contribution in [0.2, 0.25) is 0 Å². The van der Waals surface area contributed by atoms with Gasteiger partial charge in [-0.15, -0.1) is 0 Å². The SMILES string of the molecule is CC12CCC3C(CCC4CC(F)CCC43C)C1CCC2=O. The number of fused-ring (bicyclic) bond motifs is 5. The van der Waals surface area contributed by atoms with Crippen LogP contribution in [0.3, 0.4) is 0 Å². The van der Waals surface area contributed by atoms with Gasteiger partial charge in [0.05, 0.1) is 0 Å². The Bertz CT molecular complexity index is 460. The van der Waals surface area contributed by atoms with E-state index in [4.69, 9.17) is 0 Å². The lowest BCUT2D eigenvalue weighted by atomic mass is 9.45. The van der Waals surface area contributed by atoms with Gasteiger partial charge in [0.25, 0.3) is 0 Å². The van der Waals surface area contributed by atoms with E-state index in [1.54, 1.807) is 0 Å². The summed E-state index contributed by atoms with van der Waals surface area (Å²) in [4.78, 5) is 12.4. The lowest BCUT2D eigenvalue weighted by molar-refractivity contribution is -0.140. The first-order chi connectivity index (χ1) is 9.95. The third-order valence-electron chi connectivity index (χ3n) is 8.31. The fourth-order valence-electron chi connectivity index (χ4n) is 6.98. The van der Waals surface area contributed by atoms with Crippen molar-refractivity contribution in [2.24, 2.45) is 34.5 Å². The Morgan fingerprint density at radius 2 is 1.81 bits per heavy atom. The van der Waals surface area contributed by atoms with Crippen molar-refractivity contribution in [2.75, 3.05) is 0 Å². The van der Waals surface area contributed by atoms with Gasteiger partial charge in [0.1, 0.15) is 12.0 Å². The van der Waals surface area contributed by atoms with Crippen LogP contribution in [-0.4, -0.2) is 12.0 Å². The first-order valence-electron chi connectivity index (χ1n) is 9.12. The molecule has 0 amide bonds. The standard InChI is InChI=1S/C19H29FO/c1-18-9-7-13(20)11-12(18)3-4-14-15-5-6-17(21)19(15,2)10-8-16(14)18/h12-16H,3-11H2,1-2H3. The maximum Gasteiger partial charge on any atom is 0.139 e. The zero-order chi connectivity index (χ0) is 14.8. The highest BCUT2D eigenvalue weighted by molar-refractivity contribution is 5.87. The predicted molar refractivity (Wildman–Crippen MR) is 81.6 cm³/mol. The van der Waals surface area contributed by atoms with E-state index in [0.29, 0.717) is 23.0 Å². The molecule has 0 aromatic carbocycles. The van der Waals surface area contributed by atoms with E-state index in [1.807, 2.05) is 0 Å². The van der Waals surface area contributed by atoms with Crippen molar-refractivity contribution in [2.45, 2.75) is 77.8 Å². The molecular weight excluding hydrogens is 263 g/mol. The second-order valence-electron chi connectivity index (χ2n) is 8.95. The number of rotatable bonds is 0. The summed E-state index contributed by atoms with van der Waals surface area (Å²) in [6, 6.07) is 0. The highest BCUT2D eigenvalue weighted by Crippen LogP contribution is 2.65. The van der Waals surface area contributed by atoms with Gasteiger partial charge in [-0.1, -0.05) is 13.8 Å². The Morgan fingerprint density at radius 3 is 2.62 bits per heavy atom. The van der Waals surface area contributed by atoms with Gasteiger partial charge in [-0.2, -0.15) is 0 Å². The van der Waals surface area contributed by atoms with Crippen molar-refractivity contribution in [3.05, 3.63) is 0 Å². The van der Waals surface area contributed by atoms with Crippen LogP contribution in [0.25, 0.3) is 0 Å². The number of Topliss-reactive ketones (excluding diaryl/α,β-unsaturated/α-hetero) is 1. The molecule has 4 rings (SSSR count). The first-order valence-corrected chi connectivity index (χ1v) is 9.12. The van der Waals surface area contributed by atoms with E-state index in [0.717, 1.165) is 50.4 Å². The molecule has 0 radical (unpaired) electrons. The maximum absolute atomic E-state index is 13.8. The number of carbonyl (C=O) groups is 1. The highest BCUT2D eigenvalue weighted by atomic mass is 19.1. The molecule has 0 bridgehead atoms. The Hall–Kier alpha value is -0.400. The molecule has 4 saturated carbocycles. The summed E-state index contributed by atoms with van der Waals surface area (Å²) in [5.41, 5.74) is 0.347. The molecule has 7 atom stereocenters. The first kappa shape index (κ1) is 14.2. The summed E-state index contributed by atoms with van der Waals surface area (Å²) in [5.74, 6) is 3.26. The van der Waals surface area contributed by atoms with Gasteiger partial charge >= 0.3 is 0 Å². The topological polar surface area (TPSA) is 17.1 Å². The van der Waals surface area contributed by atoms with Gasteiger partial charge in [-0.3, -0.25) is 4.79 Å². The van der Waals surface area contributed by atoms with Gasteiger partial charge < -0.3 is 0 Å². The third-order valence-corrected chi connectivity index (χ3v) is 8.31. The van der Waals surface area contributed by atoms with E-state index in [9.17, 15) is 9.18 Å². The van der Waals surface area contributed by atoms with Gasteiger partial charge in [-0.25, -0.2) is 4.39 Å². The van der Waals surface area contributed by atoms with E-state index in [1.165, 1.54) is 19.3 Å². The van der Waals surface area contributed by atoms with E-state index in [2.05, 4.69) is 13.8 Å². The van der Waals surface area contributed by atoms with E-state index < -0.39 is 6.17 Å². The van der Waals surface area contributed by atoms with Gasteiger partial charge in [-0.05, 0) is 80.5 Å². The lowest BCUT2D eigenvalue weighted by Gasteiger charge is -2.59. The van der Waals surface area contributed by atoms with Crippen LogP contribution < -0.4 is 0 Å². The van der Waals surface area contributed by atoms with Crippen LogP contribution in [0.4, 0.5) is 4.39 Å². The molecule has 1 nitrogen and oxygen atoms in total. The molecule has 7 unspecified atom stereocenters. The van der Waals surface area contributed by atoms with Crippen molar-refractivity contribution < 1.29 is 9.18 Å². The maximum atomic E-state index is 13.8. The normalized spacial score (nSPS) is 56.5. The van der Waals surface area contributed by atoms with Crippen molar-refractivity contribution in [3.63, 3.8) is 0 Å². The van der Waals surface area contributed by atoms with E-state index in [-0.39, 0.29) is 5.41 Å². The van der Waals surface area contributed by atoms with Gasteiger partial charge in [0, 0.05) is 11.8 Å². The zero-order valence-electron chi connectivity index (χ0n) is 13.5. The van der Waals surface area contributed by atoms with E-state index >= 15 is 0 Å². The summed E-state index contributed by atoms with van der Waals surface area (Å²) >= 11 is 0. The number of alkyl halides is 1. The number of carbonyl (C=O) groups excluding carboxylic acids is 1. The average molecular weight is 292 g/mol. The quantitative estimate of drug-likeness (QED) is 0.618. The molecule has 4 fully saturated rings. The molecule has 0 aliphatic heterocycles. The minimum Gasteiger partial charge on any atom is -0.299 e. The summed E-state index contributed by atoms with van der Waals surface area (Å²) < 4.78 is 13.8. The Kier molecular flexibility index (Phi) is 3.08. The van der Waals surface area contributed by atoms with Crippen LogP contribution >= 0.6 is 0 Å². The summed E-state index contributed by atoms with van der Waals surface area (Å²) in [6.07, 6.45) is 8.83. The van der Waals surface area contributed by atoms with Crippen molar-refractivity contribution in [1.29, 1.82) is 0 Å². The molecule has 4 aliphatic carbocycles. The molecule has 0 aromatic heterocycles. The fraction of sp³-hybridized carbons (Fsp3) is 0.947. The predicted octanol–water partition coefficient (Wildman–Crippen LogP) is 4.94. The molecule has 118 valence electrons. The molecule has 4 aliphatic rings. The van der Waals surface area contributed by atoms with Crippen LogP contribution in [0.5, 0.6) is 0 Å². The summed E-state index contributed by atoms with van der Waals surface area (Å²) in [5, 5.41) is 0. The second kappa shape index (κ2) is 4.55. The highest BCUT2D eigenvalue weighted by Gasteiger charge is 2.60. The monoisotopic (exact) mass is 292 g/mol. The smallest absolute Gasteiger partial charge is 0.139 e. The fourth-order valence-corrected chi connectivity index (χ4v) is 6.98. The molecule has 0 aromatic rings. The molecular formula is C19H29FO. The second-order valence-corrected chi connectivity index (χ2v) is 8.95. The Morgan fingerprint density at radius 1 is 1.00 bits per heavy atom. The average Bonchev–Trinajstić information content (AvgIpc) is 2.76. The molecule has 21 heavy (non-hydrogen) atoms. The van der Waals surface area contributed by atoms with Crippen LogP contribution in [-0.2, 0) is 4.79 Å². The number of ketones is 1. The van der Waals surface area contributed by atoms with Crippen LogP contribution in [0, 0.1) is 34.5 Å².